The van der Waals surface area contributed by atoms with Crippen molar-refractivity contribution in [2.24, 2.45) is 0 Å². The van der Waals surface area contributed by atoms with Crippen LogP contribution in [0.5, 0.6) is 0 Å². The molecular formula is C11H22N4O2. The molecule has 0 fully saturated rings. The molecule has 0 aliphatic heterocycles. The predicted octanol–water partition coefficient (Wildman–Crippen LogP) is 1.41. The molecule has 6 heteroatoms. The Balaban J connectivity index is 2.38. The molecule has 1 heterocycles. The quantitative estimate of drug-likeness (QED) is 0.638. The van der Waals surface area contributed by atoms with E-state index in [0.29, 0.717) is 25.1 Å². The molecule has 6 nitrogen and oxygen atoms in total. The Kier molecular flexibility index (Phi) is 6.57. The molecule has 0 saturated carbocycles. The lowest BCUT2D eigenvalue weighted by Crippen LogP contribution is -2.24. The van der Waals surface area contributed by atoms with Crippen LogP contribution in [-0.4, -0.2) is 36.5 Å². The molecule has 17 heavy (non-hydrogen) atoms. The zero-order chi connectivity index (χ0) is 12.5. The molecule has 0 aliphatic carbocycles. The first kappa shape index (κ1) is 13.9. The third-order valence-electron chi connectivity index (χ3n) is 2.36. The Morgan fingerprint density at radius 3 is 2.82 bits per heavy atom. The van der Waals surface area contributed by atoms with Crippen molar-refractivity contribution in [2.45, 2.75) is 39.3 Å². The van der Waals surface area contributed by atoms with Crippen molar-refractivity contribution >= 4 is 6.01 Å². The summed E-state index contributed by atoms with van der Waals surface area (Å²) in [4.78, 5) is 0. The maximum absolute atomic E-state index is 5.46. The van der Waals surface area contributed by atoms with Gasteiger partial charge in [0.2, 0.25) is 5.89 Å². The lowest BCUT2D eigenvalue weighted by Gasteiger charge is -2.13. The minimum Gasteiger partial charge on any atom is -0.407 e. The van der Waals surface area contributed by atoms with Gasteiger partial charge < -0.3 is 19.8 Å². The highest BCUT2D eigenvalue weighted by atomic mass is 16.5. The fourth-order valence-electron chi connectivity index (χ4n) is 1.39. The highest BCUT2D eigenvalue weighted by molar-refractivity contribution is 5.19. The van der Waals surface area contributed by atoms with Gasteiger partial charge in [0.15, 0.2) is 0 Å². The molecular weight excluding hydrogens is 220 g/mol. The van der Waals surface area contributed by atoms with E-state index < -0.39 is 0 Å². The number of aromatic nitrogens is 2. The second-order valence-electron chi connectivity index (χ2n) is 3.88. The van der Waals surface area contributed by atoms with Crippen LogP contribution in [0.4, 0.5) is 6.01 Å². The molecule has 1 atom stereocenters. The SMILES string of the molecule is CCCNCc1nnc(NC(CC)COC)o1. The maximum atomic E-state index is 5.46. The fraction of sp³-hybridized carbons (Fsp3) is 0.818. The van der Waals surface area contributed by atoms with Gasteiger partial charge in [-0.25, -0.2) is 0 Å². The Morgan fingerprint density at radius 2 is 2.18 bits per heavy atom. The standard InChI is InChI=1S/C11H22N4O2/c1-4-6-12-7-10-14-15-11(17-10)13-9(5-2)8-16-3/h9,12H,4-8H2,1-3H3,(H,13,15). The van der Waals surface area contributed by atoms with E-state index in [9.17, 15) is 0 Å². The summed E-state index contributed by atoms with van der Waals surface area (Å²) in [7, 11) is 1.68. The number of rotatable bonds is 9. The van der Waals surface area contributed by atoms with E-state index in [1.165, 1.54) is 0 Å². The van der Waals surface area contributed by atoms with Crippen molar-refractivity contribution < 1.29 is 9.15 Å². The van der Waals surface area contributed by atoms with E-state index in [1.807, 2.05) is 0 Å². The molecule has 0 amide bonds. The van der Waals surface area contributed by atoms with Crippen molar-refractivity contribution in [1.29, 1.82) is 0 Å². The molecule has 1 aromatic heterocycles. The monoisotopic (exact) mass is 242 g/mol. The van der Waals surface area contributed by atoms with Gasteiger partial charge in [-0.1, -0.05) is 18.9 Å². The first-order valence-corrected chi connectivity index (χ1v) is 6.08. The van der Waals surface area contributed by atoms with E-state index in [4.69, 9.17) is 9.15 Å². The normalized spacial score (nSPS) is 12.6. The summed E-state index contributed by atoms with van der Waals surface area (Å²) in [5.41, 5.74) is 0. The van der Waals surface area contributed by atoms with Crippen molar-refractivity contribution in [3.05, 3.63) is 5.89 Å². The maximum Gasteiger partial charge on any atom is 0.315 e. The molecule has 0 aliphatic rings. The first-order valence-electron chi connectivity index (χ1n) is 6.08. The summed E-state index contributed by atoms with van der Waals surface area (Å²) < 4.78 is 10.5. The minimum atomic E-state index is 0.205. The van der Waals surface area contributed by atoms with Crippen molar-refractivity contribution in [3.63, 3.8) is 0 Å². The van der Waals surface area contributed by atoms with Crippen LogP contribution < -0.4 is 10.6 Å². The molecule has 0 saturated heterocycles. The first-order chi connectivity index (χ1) is 8.30. The number of nitrogens with zero attached hydrogens (tertiary/aromatic N) is 2. The Morgan fingerprint density at radius 1 is 1.35 bits per heavy atom. The summed E-state index contributed by atoms with van der Waals surface area (Å²) in [6, 6.07) is 0.666. The van der Waals surface area contributed by atoms with Crippen LogP contribution in [0.3, 0.4) is 0 Å². The minimum absolute atomic E-state index is 0.205. The van der Waals surface area contributed by atoms with Gasteiger partial charge in [-0.15, -0.1) is 5.10 Å². The lowest BCUT2D eigenvalue weighted by atomic mass is 10.2. The summed E-state index contributed by atoms with van der Waals surface area (Å²) in [5, 5.41) is 14.3. The van der Waals surface area contributed by atoms with Crippen LogP contribution in [0.1, 0.15) is 32.6 Å². The van der Waals surface area contributed by atoms with Crippen LogP contribution in [0.2, 0.25) is 0 Å². The number of hydrogen-bond donors (Lipinski definition) is 2. The highest BCUT2D eigenvalue weighted by Crippen LogP contribution is 2.08. The average Bonchev–Trinajstić information content (AvgIpc) is 2.77. The molecule has 0 aromatic carbocycles. The summed E-state index contributed by atoms with van der Waals surface area (Å²) in [6.45, 7) is 6.39. The molecule has 0 bridgehead atoms. The molecule has 0 spiro atoms. The topological polar surface area (TPSA) is 72.2 Å². The molecule has 0 radical (unpaired) electrons. The van der Waals surface area contributed by atoms with Crippen LogP contribution >= 0.6 is 0 Å². The zero-order valence-electron chi connectivity index (χ0n) is 10.8. The number of anilines is 1. The molecule has 1 unspecified atom stereocenters. The number of hydrogen-bond acceptors (Lipinski definition) is 6. The molecule has 1 rings (SSSR count). The number of methoxy groups -OCH3 is 1. The van der Waals surface area contributed by atoms with Crippen LogP contribution in [0.15, 0.2) is 4.42 Å². The average molecular weight is 242 g/mol. The van der Waals surface area contributed by atoms with Gasteiger partial charge in [-0.2, -0.15) is 0 Å². The van der Waals surface area contributed by atoms with Gasteiger partial charge in [-0.3, -0.25) is 0 Å². The lowest BCUT2D eigenvalue weighted by molar-refractivity contribution is 0.183. The second-order valence-corrected chi connectivity index (χ2v) is 3.88. The van der Waals surface area contributed by atoms with E-state index in [0.717, 1.165) is 19.4 Å². The number of ether oxygens (including phenoxy) is 1. The second kappa shape index (κ2) is 8.03. The van der Waals surface area contributed by atoms with Crippen molar-refractivity contribution in [3.8, 4) is 0 Å². The Bertz CT molecular complexity index is 303. The zero-order valence-corrected chi connectivity index (χ0v) is 10.8. The smallest absolute Gasteiger partial charge is 0.315 e. The van der Waals surface area contributed by atoms with E-state index in [1.54, 1.807) is 7.11 Å². The third-order valence-corrected chi connectivity index (χ3v) is 2.36. The van der Waals surface area contributed by atoms with Crippen LogP contribution in [0.25, 0.3) is 0 Å². The Labute approximate surface area is 102 Å². The van der Waals surface area contributed by atoms with E-state index >= 15 is 0 Å². The van der Waals surface area contributed by atoms with Crippen molar-refractivity contribution in [2.75, 3.05) is 25.6 Å². The van der Waals surface area contributed by atoms with Gasteiger partial charge in [0, 0.05) is 7.11 Å². The molecule has 98 valence electrons. The van der Waals surface area contributed by atoms with Gasteiger partial charge in [0.25, 0.3) is 0 Å². The van der Waals surface area contributed by atoms with Gasteiger partial charge in [0.1, 0.15) is 0 Å². The summed E-state index contributed by atoms with van der Waals surface area (Å²) in [6.07, 6.45) is 2.03. The van der Waals surface area contributed by atoms with Crippen LogP contribution in [-0.2, 0) is 11.3 Å². The third kappa shape index (κ3) is 5.14. The Hall–Kier alpha value is -1.14. The summed E-state index contributed by atoms with van der Waals surface area (Å²) in [5.74, 6) is 0.605. The van der Waals surface area contributed by atoms with Crippen LogP contribution in [0, 0.1) is 0 Å². The fourth-order valence-corrected chi connectivity index (χ4v) is 1.39. The van der Waals surface area contributed by atoms with E-state index in [2.05, 4.69) is 34.7 Å². The highest BCUT2D eigenvalue weighted by Gasteiger charge is 2.10. The van der Waals surface area contributed by atoms with Gasteiger partial charge in [0.05, 0.1) is 19.2 Å². The summed E-state index contributed by atoms with van der Waals surface area (Å²) >= 11 is 0. The number of nitrogens with one attached hydrogen (secondary N) is 2. The largest absolute Gasteiger partial charge is 0.407 e. The predicted molar refractivity (Wildman–Crippen MR) is 65.9 cm³/mol. The van der Waals surface area contributed by atoms with Crippen molar-refractivity contribution in [1.82, 2.24) is 15.5 Å². The molecule has 1 aromatic rings. The molecule has 2 N–H and O–H groups in total. The van der Waals surface area contributed by atoms with Gasteiger partial charge in [-0.05, 0) is 19.4 Å². The van der Waals surface area contributed by atoms with Gasteiger partial charge >= 0.3 is 6.01 Å². The van der Waals surface area contributed by atoms with E-state index in [-0.39, 0.29) is 6.04 Å².